The van der Waals surface area contributed by atoms with Gasteiger partial charge in [-0.15, -0.1) is 0 Å². The molecular formula is C23H22ClNO4S2. The number of nitrogens with zero attached hydrogens (tertiary/aromatic N) is 1. The van der Waals surface area contributed by atoms with Crippen LogP contribution in [-0.4, -0.2) is 32.2 Å². The number of carboxylic acids is 1. The number of furan rings is 1. The van der Waals surface area contributed by atoms with Gasteiger partial charge >= 0.3 is 5.97 Å². The summed E-state index contributed by atoms with van der Waals surface area (Å²) < 4.78 is 6.44. The van der Waals surface area contributed by atoms with Crippen molar-refractivity contribution in [1.29, 1.82) is 0 Å². The van der Waals surface area contributed by atoms with Crippen LogP contribution in [0.15, 0.2) is 51.8 Å². The molecule has 0 radical (unpaired) electrons. The second kappa shape index (κ2) is 9.59. The minimum absolute atomic E-state index is 0.109. The molecule has 2 unspecified atom stereocenters. The van der Waals surface area contributed by atoms with E-state index in [2.05, 4.69) is 0 Å². The van der Waals surface area contributed by atoms with E-state index in [0.29, 0.717) is 39.9 Å². The quantitative estimate of drug-likeness (QED) is 0.413. The van der Waals surface area contributed by atoms with Gasteiger partial charge in [-0.2, -0.15) is 0 Å². The van der Waals surface area contributed by atoms with Crippen LogP contribution < -0.4 is 0 Å². The molecule has 1 aromatic carbocycles. The molecule has 0 bridgehead atoms. The number of hydrogen-bond donors (Lipinski definition) is 1. The normalized spacial score (nSPS) is 23.0. The Morgan fingerprint density at radius 3 is 2.87 bits per heavy atom. The van der Waals surface area contributed by atoms with Crippen molar-refractivity contribution < 1.29 is 19.1 Å². The van der Waals surface area contributed by atoms with Crippen LogP contribution in [0, 0.1) is 5.92 Å². The molecule has 2 aromatic rings. The summed E-state index contributed by atoms with van der Waals surface area (Å²) in [6, 6.07) is 11.2. The maximum atomic E-state index is 12.9. The number of rotatable bonds is 6. The average molecular weight is 476 g/mol. The minimum Gasteiger partial charge on any atom is -0.481 e. The number of amides is 1. The van der Waals surface area contributed by atoms with E-state index in [9.17, 15) is 14.7 Å². The van der Waals surface area contributed by atoms with E-state index in [1.807, 2.05) is 42.5 Å². The second-order valence-corrected chi connectivity index (χ2v) is 9.83. The highest BCUT2D eigenvalue weighted by molar-refractivity contribution is 8.26. The lowest BCUT2D eigenvalue weighted by Crippen LogP contribution is -2.42. The van der Waals surface area contributed by atoms with Gasteiger partial charge in [-0.05, 0) is 49.9 Å². The Bertz CT molecular complexity index is 1050. The smallest absolute Gasteiger partial charge is 0.306 e. The van der Waals surface area contributed by atoms with E-state index in [4.69, 9.17) is 28.2 Å². The van der Waals surface area contributed by atoms with E-state index in [-0.39, 0.29) is 11.9 Å². The van der Waals surface area contributed by atoms with Gasteiger partial charge in [0.25, 0.3) is 5.91 Å². The molecule has 1 aliphatic carbocycles. The largest absolute Gasteiger partial charge is 0.481 e. The SMILES string of the molecule is O=C(O)C1CCCC(N2C(=O)/C(=C\CCc3ccc(-c4ccccc4Cl)o3)SC2=S)C1. The molecular weight excluding hydrogens is 454 g/mol. The Balaban J connectivity index is 1.38. The molecule has 2 fully saturated rings. The van der Waals surface area contributed by atoms with Crippen molar-refractivity contribution in [3.05, 3.63) is 58.2 Å². The summed E-state index contributed by atoms with van der Waals surface area (Å²) in [5.41, 5.74) is 0.850. The first kappa shape index (κ1) is 22.1. The molecule has 162 valence electrons. The number of benzene rings is 1. The lowest BCUT2D eigenvalue weighted by Gasteiger charge is -2.32. The fraction of sp³-hybridized carbons (Fsp3) is 0.348. The van der Waals surface area contributed by atoms with E-state index in [1.54, 1.807) is 4.90 Å². The number of thioether (sulfide) groups is 1. The first-order chi connectivity index (χ1) is 14.9. The van der Waals surface area contributed by atoms with Crippen LogP contribution in [0.25, 0.3) is 11.3 Å². The summed E-state index contributed by atoms with van der Waals surface area (Å²) in [5.74, 6) is 0.233. The molecule has 1 aliphatic heterocycles. The van der Waals surface area contributed by atoms with Crippen molar-refractivity contribution in [3.8, 4) is 11.3 Å². The number of thiocarbonyl (C=S) groups is 1. The molecule has 31 heavy (non-hydrogen) atoms. The van der Waals surface area contributed by atoms with Gasteiger partial charge in [0.2, 0.25) is 0 Å². The van der Waals surface area contributed by atoms with Gasteiger partial charge in [0.05, 0.1) is 15.8 Å². The fourth-order valence-electron chi connectivity index (χ4n) is 4.12. The number of allylic oxidation sites excluding steroid dienone is 1. The van der Waals surface area contributed by atoms with Crippen molar-refractivity contribution in [1.82, 2.24) is 4.90 Å². The monoisotopic (exact) mass is 475 g/mol. The molecule has 1 N–H and O–H groups in total. The Kier molecular flexibility index (Phi) is 6.84. The third-order valence-electron chi connectivity index (χ3n) is 5.71. The molecule has 2 atom stereocenters. The number of carbonyl (C=O) groups is 2. The zero-order chi connectivity index (χ0) is 22.0. The highest BCUT2D eigenvalue weighted by Gasteiger charge is 2.40. The minimum atomic E-state index is -0.791. The molecule has 2 heterocycles. The summed E-state index contributed by atoms with van der Waals surface area (Å²) >= 11 is 13.0. The van der Waals surface area contributed by atoms with Gasteiger partial charge in [0.15, 0.2) is 0 Å². The number of hydrogen-bond acceptors (Lipinski definition) is 5. The van der Waals surface area contributed by atoms with Gasteiger partial charge < -0.3 is 9.52 Å². The second-order valence-electron chi connectivity index (χ2n) is 7.75. The van der Waals surface area contributed by atoms with Gasteiger partial charge in [-0.25, -0.2) is 0 Å². The lowest BCUT2D eigenvalue weighted by molar-refractivity contribution is -0.144. The molecule has 5 nitrogen and oxygen atoms in total. The maximum absolute atomic E-state index is 12.9. The number of aryl methyl sites for hydroxylation is 1. The van der Waals surface area contributed by atoms with Crippen molar-refractivity contribution in [3.63, 3.8) is 0 Å². The van der Waals surface area contributed by atoms with Gasteiger partial charge in [0, 0.05) is 18.0 Å². The van der Waals surface area contributed by atoms with Crippen LogP contribution in [0.3, 0.4) is 0 Å². The Hall–Kier alpha value is -2.09. The zero-order valence-corrected chi connectivity index (χ0v) is 19.1. The van der Waals surface area contributed by atoms with Crippen molar-refractivity contribution >= 4 is 51.8 Å². The molecule has 1 aromatic heterocycles. The summed E-state index contributed by atoms with van der Waals surface area (Å²) in [6.07, 6.45) is 5.91. The van der Waals surface area contributed by atoms with Crippen LogP contribution in [0.4, 0.5) is 0 Å². The average Bonchev–Trinajstić information content (AvgIpc) is 3.33. The highest BCUT2D eigenvalue weighted by atomic mass is 35.5. The van der Waals surface area contributed by atoms with E-state index in [1.165, 1.54) is 11.8 Å². The zero-order valence-electron chi connectivity index (χ0n) is 16.8. The molecule has 1 saturated carbocycles. The summed E-state index contributed by atoms with van der Waals surface area (Å²) in [4.78, 5) is 26.5. The van der Waals surface area contributed by atoms with E-state index < -0.39 is 11.9 Å². The van der Waals surface area contributed by atoms with Crippen molar-refractivity contribution in [2.24, 2.45) is 5.92 Å². The lowest BCUT2D eigenvalue weighted by atomic mass is 9.85. The van der Waals surface area contributed by atoms with Crippen LogP contribution in [0.1, 0.15) is 37.9 Å². The number of carboxylic acid groups (broad SMARTS) is 1. The molecule has 1 saturated heterocycles. The third-order valence-corrected chi connectivity index (χ3v) is 7.41. The molecule has 1 amide bonds. The topological polar surface area (TPSA) is 70.8 Å². The maximum Gasteiger partial charge on any atom is 0.306 e. The van der Waals surface area contributed by atoms with Gasteiger partial charge in [-0.3, -0.25) is 14.5 Å². The Morgan fingerprint density at radius 1 is 1.29 bits per heavy atom. The fourth-order valence-corrected chi connectivity index (χ4v) is 5.75. The molecule has 0 spiro atoms. The number of carbonyl (C=O) groups excluding carboxylic acids is 1. The predicted molar refractivity (Wildman–Crippen MR) is 126 cm³/mol. The van der Waals surface area contributed by atoms with Crippen molar-refractivity contribution in [2.75, 3.05) is 0 Å². The first-order valence-corrected chi connectivity index (χ1v) is 11.9. The van der Waals surface area contributed by atoms with E-state index in [0.717, 1.165) is 29.9 Å². The van der Waals surface area contributed by atoms with Crippen LogP contribution in [0.5, 0.6) is 0 Å². The van der Waals surface area contributed by atoms with Gasteiger partial charge in [-0.1, -0.05) is 60.2 Å². The molecule has 4 rings (SSSR count). The van der Waals surface area contributed by atoms with Crippen molar-refractivity contribution in [2.45, 2.75) is 44.6 Å². The molecule has 2 aliphatic rings. The first-order valence-electron chi connectivity index (χ1n) is 10.3. The third kappa shape index (κ3) is 4.89. The number of halogens is 1. The molecule has 8 heteroatoms. The summed E-state index contributed by atoms with van der Waals surface area (Å²) in [5, 5.41) is 9.97. The summed E-state index contributed by atoms with van der Waals surface area (Å²) in [7, 11) is 0. The van der Waals surface area contributed by atoms with Crippen LogP contribution in [-0.2, 0) is 16.0 Å². The Labute approximate surface area is 195 Å². The van der Waals surface area contributed by atoms with Crippen LogP contribution >= 0.6 is 35.6 Å². The number of aliphatic carboxylic acids is 1. The predicted octanol–water partition coefficient (Wildman–Crippen LogP) is 5.92. The standard InChI is InChI=1S/C23H22ClNO4S2/c24-18-9-2-1-8-17(18)19-12-11-16(29-19)7-4-10-20-21(26)25(23(30)31-20)15-6-3-5-14(13-15)22(27)28/h1-2,8-12,14-15H,3-7,13H2,(H,27,28)/b20-10+. The van der Waals surface area contributed by atoms with Crippen LogP contribution in [0.2, 0.25) is 5.02 Å². The summed E-state index contributed by atoms with van der Waals surface area (Å²) in [6.45, 7) is 0. The Morgan fingerprint density at radius 2 is 2.10 bits per heavy atom. The highest BCUT2D eigenvalue weighted by Crippen LogP contribution is 2.38. The van der Waals surface area contributed by atoms with Gasteiger partial charge in [0.1, 0.15) is 15.8 Å². The van der Waals surface area contributed by atoms with E-state index >= 15 is 0 Å².